The minimum Gasteiger partial charge on any atom is -0.379 e. The molecule has 0 spiro atoms. The number of aromatic nitrogens is 2. The van der Waals surface area contributed by atoms with Crippen molar-refractivity contribution in [3.63, 3.8) is 0 Å². The summed E-state index contributed by atoms with van der Waals surface area (Å²) in [5, 5.41) is 8.03. The molecule has 3 rings (SSSR count). The van der Waals surface area contributed by atoms with Crippen molar-refractivity contribution in [3.05, 3.63) is 18.0 Å². The molecule has 1 N–H and O–H groups in total. The molecule has 0 bridgehead atoms. The van der Waals surface area contributed by atoms with Gasteiger partial charge < -0.3 is 10.1 Å². The molecule has 0 atom stereocenters. The van der Waals surface area contributed by atoms with Gasteiger partial charge in [-0.15, -0.1) is 0 Å². The third kappa shape index (κ3) is 3.81. The predicted molar refractivity (Wildman–Crippen MR) is 78.7 cm³/mol. The zero-order valence-corrected chi connectivity index (χ0v) is 12.3. The molecule has 1 aliphatic carbocycles. The van der Waals surface area contributed by atoms with E-state index in [0.717, 1.165) is 45.9 Å². The number of nitrogens with zero attached hydrogens (tertiary/aromatic N) is 3. The Labute approximate surface area is 121 Å². The monoisotopic (exact) mass is 278 g/mol. The van der Waals surface area contributed by atoms with E-state index in [-0.39, 0.29) is 0 Å². The van der Waals surface area contributed by atoms with E-state index in [1.807, 2.05) is 6.20 Å². The Morgan fingerprint density at radius 3 is 2.85 bits per heavy atom. The molecule has 0 aromatic carbocycles. The van der Waals surface area contributed by atoms with Crippen LogP contribution >= 0.6 is 0 Å². The third-order valence-corrected chi connectivity index (χ3v) is 4.39. The molecular weight excluding hydrogens is 252 g/mol. The van der Waals surface area contributed by atoms with Crippen molar-refractivity contribution >= 4 is 0 Å². The highest BCUT2D eigenvalue weighted by molar-refractivity contribution is 5.04. The van der Waals surface area contributed by atoms with Crippen molar-refractivity contribution in [2.24, 2.45) is 0 Å². The van der Waals surface area contributed by atoms with Crippen LogP contribution in [-0.2, 0) is 11.3 Å². The quantitative estimate of drug-likeness (QED) is 0.799. The smallest absolute Gasteiger partial charge is 0.0594 e. The summed E-state index contributed by atoms with van der Waals surface area (Å²) in [6.07, 6.45) is 9.55. The van der Waals surface area contributed by atoms with Crippen LogP contribution in [0.4, 0.5) is 0 Å². The number of rotatable bonds is 6. The number of hydrogen-bond acceptors (Lipinski definition) is 4. The van der Waals surface area contributed by atoms with Crippen LogP contribution in [0.3, 0.4) is 0 Å². The van der Waals surface area contributed by atoms with Crippen LogP contribution in [0, 0.1) is 0 Å². The van der Waals surface area contributed by atoms with E-state index >= 15 is 0 Å². The Morgan fingerprint density at radius 1 is 1.25 bits per heavy atom. The first kappa shape index (κ1) is 14.0. The van der Waals surface area contributed by atoms with Crippen molar-refractivity contribution in [1.82, 2.24) is 20.0 Å². The molecular formula is C15H26N4O. The molecule has 2 aliphatic rings. The van der Waals surface area contributed by atoms with E-state index in [4.69, 9.17) is 4.74 Å². The lowest BCUT2D eigenvalue weighted by molar-refractivity contribution is 0.0384. The van der Waals surface area contributed by atoms with E-state index in [1.165, 1.54) is 31.2 Å². The molecule has 1 aromatic heterocycles. The minimum absolute atomic E-state index is 0.650. The number of morpholine rings is 1. The molecule has 1 aromatic rings. The fourth-order valence-corrected chi connectivity index (χ4v) is 3.13. The van der Waals surface area contributed by atoms with Gasteiger partial charge in [0, 0.05) is 44.5 Å². The summed E-state index contributed by atoms with van der Waals surface area (Å²) in [7, 11) is 0. The van der Waals surface area contributed by atoms with E-state index in [0.29, 0.717) is 6.04 Å². The molecule has 112 valence electrons. The third-order valence-electron chi connectivity index (χ3n) is 4.39. The van der Waals surface area contributed by atoms with Crippen LogP contribution in [0.15, 0.2) is 12.4 Å². The standard InChI is InChI=1S/C15H26N4O/c1-2-4-15(3-1)19-13-14(12-17-19)11-16-5-6-18-7-9-20-10-8-18/h12-13,15-16H,1-11H2. The zero-order valence-electron chi connectivity index (χ0n) is 12.3. The van der Waals surface area contributed by atoms with Gasteiger partial charge in [-0.3, -0.25) is 9.58 Å². The average Bonchev–Trinajstić information content (AvgIpc) is 3.15. The SMILES string of the molecule is c1nn(C2CCCC2)cc1CNCCN1CCOCC1. The second-order valence-corrected chi connectivity index (χ2v) is 5.90. The topological polar surface area (TPSA) is 42.3 Å². The Kier molecular flexibility index (Phi) is 5.06. The first-order valence-corrected chi connectivity index (χ1v) is 7.96. The van der Waals surface area contributed by atoms with Crippen molar-refractivity contribution in [1.29, 1.82) is 0 Å². The van der Waals surface area contributed by atoms with Crippen LogP contribution in [0.2, 0.25) is 0 Å². The van der Waals surface area contributed by atoms with E-state index in [1.54, 1.807) is 0 Å². The summed E-state index contributed by atoms with van der Waals surface area (Å²) < 4.78 is 7.53. The first-order chi connectivity index (χ1) is 9.92. The van der Waals surface area contributed by atoms with Crippen LogP contribution in [0.1, 0.15) is 37.3 Å². The summed E-state index contributed by atoms with van der Waals surface area (Å²) >= 11 is 0. The molecule has 1 saturated carbocycles. The van der Waals surface area contributed by atoms with E-state index < -0.39 is 0 Å². The van der Waals surface area contributed by atoms with Gasteiger partial charge in [0.15, 0.2) is 0 Å². The molecule has 1 saturated heterocycles. The highest BCUT2D eigenvalue weighted by Gasteiger charge is 2.17. The minimum atomic E-state index is 0.650. The van der Waals surface area contributed by atoms with Crippen molar-refractivity contribution in [2.75, 3.05) is 39.4 Å². The van der Waals surface area contributed by atoms with Gasteiger partial charge in [-0.25, -0.2) is 0 Å². The lowest BCUT2D eigenvalue weighted by Crippen LogP contribution is -2.40. The van der Waals surface area contributed by atoms with Gasteiger partial charge in [0.05, 0.1) is 25.5 Å². The second kappa shape index (κ2) is 7.20. The normalized spacial score (nSPS) is 21.6. The molecule has 2 fully saturated rings. The Hall–Kier alpha value is -0.910. The summed E-state index contributed by atoms with van der Waals surface area (Å²) in [6, 6.07) is 0.650. The number of nitrogens with one attached hydrogen (secondary N) is 1. The summed E-state index contributed by atoms with van der Waals surface area (Å²) in [5.74, 6) is 0. The van der Waals surface area contributed by atoms with Gasteiger partial charge in [0.1, 0.15) is 0 Å². The van der Waals surface area contributed by atoms with Gasteiger partial charge in [-0.1, -0.05) is 12.8 Å². The number of ether oxygens (including phenoxy) is 1. The average molecular weight is 278 g/mol. The molecule has 5 nitrogen and oxygen atoms in total. The Balaban J connectivity index is 1.35. The van der Waals surface area contributed by atoms with Crippen molar-refractivity contribution < 1.29 is 4.74 Å². The summed E-state index contributed by atoms with van der Waals surface area (Å²) in [5.41, 5.74) is 1.30. The molecule has 1 aliphatic heterocycles. The zero-order chi connectivity index (χ0) is 13.6. The largest absolute Gasteiger partial charge is 0.379 e. The van der Waals surface area contributed by atoms with E-state index in [9.17, 15) is 0 Å². The maximum atomic E-state index is 5.35. The lowest BCUT2D eigenvalue weighted by Gasteiger charge is -2.26. The summed E-state index contributed by atoms with van der Waals surface area (Å²) in [6.45, 7) is 6.98. The second-order valence-electron chi connectivity index (χ2n) is 5.90. The van der Waals surface area contributed by atoms with Gasteiger partial charge in [-0.05, 0) is 12.8 Å². The van der Waals surface area contributed by atoms with Crippen LogP contribution in [0.5, 0.6) is 0 Å². The van der Waals surface area contributed by atoms with Crippen LogP contribution < -0.4 is 5.32 Å². The van der Waals surface area contributed by atoms with Gasteiger partial charge in [0.25, 0.3) is 0 Å². The van der Waals surface area contributed by atoms with Gasteiger partial charge >= 0.3 is 0 Å². The fraction of sp³-hybridized carbons (Fsp3) is 0.800. The lowest BCUT2D eigenvalue weighted by atomic mass is 10.2. The molecule has 0 radical (unpaired) electrons. The Morgan fingerprint density at radius 2 is 2.05 bits per heavy atom. The van der Waals surface area contributed by atoms with Gasteiger partial charge in [0.2, 0.25) is 0 Å². The molecule has 0 amide bonds. The predicted octanol–water partition coefficient (Wildman–Crippen LogP) is 1.42. The summed E-state index contributed by atoms with van der Waals surface area (Å²) in [4.78, 5) is 2.46. The van der Waals surface area contributed by atoms with Crippen LogP contribution in [-0.4, -0.2) is 54.1 Å². The van der Waals surface area contributed by atoms with Crippen molar-refractivity contribution in [2.45, 2.75) is 38.3 Å². The van der Waals surface area contributed by atoms with Gasteiger partial charge in [-0.2, -0.15) is 5.10 Å². The van der Waals surface area contributed by atoms with Crippen molar-refractivity contribution in [3.8, 4) is 0 Å². The number of hydrogen-bond donors (Lipinski definition) is 1. The highest BCUT2D eigenvalue weighted by Crippen LogP contribution is 2.28. The molecule has 0 unspecified atom stereocenters. The molecule has 5 heteroatoms. The Bertz CT molecular complexity index is 394. The van der Waals surface area contributed by atoms with Crippen LogP contribution in [0.25, 0.3) is 0 Å². The highest BCUT2D eigenvalue weighted by atomic mass is 16.5. The molecule has 2 heterocycles. The fourth-order valence-electron chi connectivity index (χ4n) is 3.13. The first-order valence-electron chi connectivity index (χ1n) is 7.96. The molecule has 20 heavy (non-hydrogen) atoms. The maximum absolute atomic E-state index is 5.35. The van der Waals surface area contributed by atoms with E-state index in [2.05, 4.69) is 26.2 Å². The maximum Gasteiger partial charge on any atom is 0.0594 e.